The van der Waals surface area contributed by atoms with E-state index < -0.39 is 317 Å². The van der Waals surface area contributed by atoms with Gasteiger partial charge in [-0.05, 0) is 46.8 Å². The zero-order valence-electron chi connectivity index (χ0n) is 46.7. The zero-order valence-corrected chi connectivity index (χ0v) is 48.3. The van der Waals surface area contributed by atoms with E-state index in [9.17, 15) is 120 Å². The van der Waals surface area contributed by atoms with Gasteiger partial charge >= 0.3 is 20.4 Å². The molecule has 0 radical (unpaired) electrons. The number of allylic oxidation sites excluding steroid dienone is 6. The highest BCUT2D eigenvalue weighted by Crippen LogP contribution is 3.04. The Morgan fingerprint density at radius 1 is 0.340 bits per heavy atom. The summed E-state index contributed by atoms with van der Waals surface area (Å²) in [7, 11) is -23.2. The van der Waals surface area contributed by atoms with Crippen molar-refractivity contribution in [3.63, 3.8) is 0 Å². The molecule has 10 rings (SSSR count). The fourth-order valence-electron chi connectivity index (χ4n) is 11.2. The van der Waals surface area contributed by atoms with Gasteiger partial charge < -0.3 is 0 Å². The number of nitriles is 4. The molecule has 0 N–H and O–H groups in total. The lowest BCUT2D eigenvalue weighted by molar-refractivity contribution is 0.352. The van der Waals surface area contributed by atoms with Gasteiger partial charge in [-0.2, -0.15) is 21.0 Å². The summed E-state index contributed by atoms with van der Waals surface area (Å²) >= 11 is 0. The molecule has 0 aliphatic heterocycles. The van der Waals surface area contributed by atoms with Crippen molar-refractivity contribution in [2.24, 2.45) is 0 Å². The molecule has 512 valence electrons. The maximum atomic E-state index is 15.7. The summed E-state index contributed by atoms with van der Waals surface area (Å²) < 4.78 is 444. The van der Waals surface area contributed by atoms with Crippen LogP contribution >= 0.6 is 20.4 Å². The minimum absolute atomic E-state index is 0.488. The Kier molecular flexibility index (Phi) is 16.3. The van der Waals surface area contributed by atoms with Gasteiger partial charge in [0.05, 0.1) is 70.1 Å². The van der Waals surface area contributed by atoms with Crippen molar-refractivity contribution in [3.05, 3.63) is 249 Å². The maximum absolute atomic E-state index is 15.7. The van der Waals surface area contributed by atoms with Crippen molar-refractivity contribution in [1.82, 2.24) is 0 Å². The van der Waals surface area contributed by atoms with Gasteiger partial charge in [0.1, 0.15) is 91.8 Å². The largest absolute Gasteiger partial charge is 0.311 e. The highest BCUT2D eigenvalue weighted by molar-refractivity contribution is 8.46. The number of benzene rings is 6. The predicted molar refractivity (Wildman–Crippen MR) is 286 cm³/mol. The van der Waals surface area contributed by atoms with E-state index in [1.807, 2.05) is 0 Å². The van der Waals surface area contributed by atoms with E-state index in [1.54, 1.807) is 0 Å². The Morgan fingerprint density at radius 2 is 0.640 bits per heavy atom. The van der Waals surface area contributed by atoms with E-state index in [4.69, 9.17) is 36.8 Å². The SMILES string of the molecule is [C-]#[N+]/C(=C1/Cc2c(F)c3c(c(F)c2=C1F)C/C(=C(/C#N)c1c(F)c(F)c(C#N)c(F)c1F)C=3F)c1c(F)c(F)c([N+]#[C-])c(F)c1F.[C-]#[N+]/C(=C1\C=c2c(c(S(F)(F)(F)(F)F)c3c(c2S(F)(F)(F)(F)F)C/C(=C(/C#N)c2c(F)c(F)c(C#N)c(F)c2F)C=3)C1)c1c(F)c(F)c([N+]#[C-])c(F)c1F. The molecule has 40 heteroatoms. The number of halogens is 30. The zero-order chi connectivity index (χ0) is 75.3. The summed E-state index contributed by atoms with van der Waals surface area (Å²) in [5.74, 6) is -46.4. The molecule has 0 heterocycles. The fraction of sp³-hybridized carbons (Fsp3) is 0.0667. The lowest BCUT2D eigenvalue weighted by atomic mass is 9.96. The third-order valence-corrected chi connectivity index (χ3v) is 17.6. The van der Waals surface area contributed by atoms with Gasteiger partial charge in [-0.25, -0.2) is 107 Å². The number of hydrogen-bond acceptors (Lipinski definition) is 4. The normalized spacial score (nSPS) is 17.0. The van der Waals surface area contributed by atoms with Gasteiger partial charge in [-0.15, -0.1) is 0 Å². The van der Waals surface area contributed by atoms with Crippen LogP contribution in [0.5, 0.6) is 0 Å². The minimum atomic E-state index is -11.6. The number of nitrogens with zero attached hydrogens (tertiary/aromatic N) is 8. The maximum Gasteiger partial charge on any atom is 0.311 e. The highest BCUT2D eigenvalue weighted by atomic mass is 32.5. The van der Waals surface area contributed by atoms with Crippen LogP contribution in [0.2, 0.25) is 0 Å². The van der Waals surface area contributed by atoms with E-state index in [-0.39, 0.29) is 0 Å². The standard InChI is InChI=1S/C30H6F18N4S2.C30H4F12N4/c1-51-27(18-23(35)25(37)28(52-2)26(38)24(18)36)10-5-13-14(6-10)30(54(44,45,46,47)48)12-4-9(3-11(12)29(13)53(39,40,41,42)43)15(7-49)17-21(33)19(31)16(8-50)20(32)22(17)34;1-45-29(16-25(39)27(41)30(46-2)28(42)26(16)40)10-4-9-14(20(10)34)18(32)8-3-7(17(31)13(8)19(9)33)11(5-43)15-23(37)21(35)12(6-44)22(36)24(15)38/h3,6H,4-5H2;3-4H2/b15-9-,27-10-;11-7+,29-10-. The van der Waals surface area contributed by atoms with E-state index in [0.717, 1.165) is 18.2 Å². The van der Waals surface area contributed by atoms with Crippen LogP contribution in [0.1, 0.15) is 55.6 Å². The van der Waals surface area contributed by atoms with Crippen LogP contribution in [0.4, 0.5) is 138 Å². The molecule has 0 saturated heterocycles. The second-order valence-electron chi connectivity index (χ2n) is 20.7. The Balaban J connectivity index is 0.000000236. The van der Waals surface area contributed by atoms with Gasteiger partial charge in [0.15, 0.2) is 69.8 Å². The van der Waals surface area contributed by atoms with Gasteiger partial charge in [-0.1, -0.05) is 44.9 Å². The molecular weight excluding hydrogens is 1470 g/mol. The average Bonchev–Trinajstić information content (AvgIpc) is 1.33. The van der Waals surface area contributed by atoms with Crippen LogP contribution in [-0.2, 0) is 25.7 Å². The molecular formula is C60H10F30N8S2. The molecule has 0 saturated carbocycles. The third-order valence-electron chi connectivity index (χ3n) is 15.2. The number of fused-ring (bicyclic) bond motifs is 4. The summed E-state index contributed by atoms with van der Waals surface area (Å²) in [6.45, 7) is 27.8. The molecule has 0 spiro atoms. The van der Waals surface area contributed by atoms with Crippen molar-refractivity contribution in [2.75, 3.05) is 0 Å². The Labute approximate surface area is 533 Å². The molecule has 8 nitrogen and oxygen atoms in total. The van der Waals surface area contributed by atoms with Crippen LogP contribution in [0.3, 0.4) is 0 Å². The summed E-state index contributed by atoms with van der Waals surface area (Å²) in [5, 5.41) is 28.9. The topological polar surface area (TPSA) is 113 Å². The van der Waals surface area contributed by atoms with Gasteiger partial charge in [0.2, 0.25) is 11.4 Å². The van der Waals surface area contributed by atoms with Crippen LogP contribution in [0, 0.1) is 176 Å². The van der Waals surface area contributed by atoms with Crippen molar-refractivity contribution in [1.29, 1.82) is 21.0 Å². The molecule has 0 amide bonds. The fourth-order valence-corrected chi connectivity index (χ4v) is 13.7. The molecule has 0 fully saturated rings. The average molecular weight is 1480 g/mol. The van der Waals surface area contributed by atoms with Crippen LogP contribution in [-0.4, -0.2) is 0 Å². The van der Waals surface area contributed by atoms with Crippen LogP contribution in [0.15, 0.2) is 32.1 Å². The van der Waals surface area contributed by atoms with Crippen molar-refractivity contribution < 1.29 is 127 Å². The van der Waals surface area contributed by atoms with E-state index in [1.165, 1.54) is 0 Å². The van der Waals surface area contributed by atoms with Crippen LogP contribution < -0.4 is 20.9 Å². The second kappa shape index (κ2) is 22.4. The molecule has 4 aliphatic rings. The van der Waals surface area contributed by atoms with Gasteiger partial charge in [-0.3, -0.25) is 0 Å². The van der Waals surface area contributed by atoms with Crippen molar-refractivity contribution in [3.8, 4) is 24.3 Å². The molecule has 4 aliphatic carbocycles. The molecule has 0 bridgehead atoms. The summed E-state index contributed by atoms with van der Waals surface area (Å²) in [5.41, 5.74) is -35.0. The smallest absolute Gasteiger partial charge is 0.237 e. The predicted octanol–water partition coefficient (Wildman–Crippen LogP) is 18.6. The van der Waals surface area contributed by atoms with Gasteiger partial charge in [0, 0.05) is 40.0 Å². The van der Waals surface area contributed by atoms with E-state index >= 15 is 17.6 Å². The quantitative estimate of drug-likeness (QED) is 0.0715. The van der Waals surface area contributed by atoms with Crippen LogP contribution in [0.25, 0.3) is 65.7 Å². The van der Waals surface area contributed by atoms with E-state index in [2.05, 4.69) is 19.4 Å². The molecule has 0 atom stereocenters. The molecule has 100 heavy (non-hydrogen) atoms. The first-order valence-corrected chi connectivity index (χ1v) is 29.3. The Morgan fingerprint density at radius 3 is 0.960 bits per heavy atom. The first-order valence-electron chi connectivity index (χ1n) is 25.4. The minimum Gasteiger partial charge on any atom is -0.237 e. The molecule has 0 unspecified atom stereocenters. The summed E-state index contributed by atoms with van der Waals surface area (Å²) in [6.07, 6.45) is -7.89. The molecule has 6 aromatic carbocycles. The Hall–Kier alpha value is -11.7. The lowest BCUT2D eigenvalue weighted by Gasteiger charge is -2.45. The summed E-state index contributed by atoms with van der Waals surface area (Å²) in [6, 6.07) is 3.41. The van der Waals surface area contributed by atoms with Crippen molar-refractivity contribution >= 4 is 78.2 Å². The third kappa shape index (κ3) is 10.9. The monoisotopic (exact) mass is 1480 g/mol. The van der Waals surface area contributed by atoms with Crippen molar-refractivity contribution in [2.45, 2.75) is 35.5 Å². The number of rotatable bonds is 6. The molecule has 0 aromatic heterocycles. The highest BCUT2D eigenvalue weighted by Gasteiger charge is 2.72. The van der Waals surface area contributed by atoms with E-state index in [0.29, 0.717) is 6.07 Å². The Bertz CT molecular complexity index is 5370. The summed E-state index contributed by atoms with van der Waals surface area (Å²) in [4.78, 5) is 2.61. The number of hydrogen-bond donors (Lipinski definition) is 0. The molecule has 6 aromatic rings. The second-order valence-corrected chi connectivity index (χ2v) is 25.4. The first-order chi connectivity index (χ1) is 45.9. The van der Waals surface area contributed by atoms with Gasteiger partial charge in [0.25, 0.3) is 11.4 Å². The lowest BCUT2D eigenvalue weighted by Crippen LogP contribution is -2.33. The first kappa shape index (κ1) is 72.5.